The Morgan fingerprint density at radius 2 is 1.59 bits per heavy atom. The second-order valence-corrected chi connectivity index (χ2v) is 14.1. The van der Waals surface area contributed by atoms with Crippen LogP contribution in [0.5, 0.6) is 0 Å². The minimum atomic E-state index is -1.96. The number of nitriles is 1. The first-order chi connectivity index (χ1) is 12.7. The van der Waals surface area contributed by atoms with Crippen LogP contribution in [0.4, 0.5) is 0 Å². The van der Waals surface area contributed by atoms with E-state index in [1.54, 1.807) is 0 Å². The van der Waals surface area contributed by atoms with Crippen molar-refractivity contribution in [2.24, 2.45) is 0 Å². The molecule has 0 radical (unpaired) electrons. The molecule has 2 atom stereocenters. The number of aliphatic hydroxyl groups excluding tert-OH is 1. The maximum absolute atomic E-state index is 10.5. The van der Waals surface area contributed by atoms with Gasteiger partial charge in [0.2, 0.25) is 0 Å². The zero-order valence-corrected chi connectivity index (χ0v) is 19.9. The molecule has 0 saturated carbocycles. The fraction of sp³-hybridized carbons (Fsp3) is 0.870. The summed E-state index contributed by atoms with van der Waals surface area (Å²) in [6.45, 7) is 13.3. The summed E-state index contributed by atoms with van der Waals surface area (Å²) in [7, 11) is -1.96. The normalized spacial score (nSPS) is 15.0. The quantitative estimate of drug-likeness (QED) is 0.182. The maximum atomic E-state index is 10.5. The molecule has 0 aromatic heterocycles. The number of rotatable bonds is 15. The van der Waals surface area contributed by atoms with Crippen molar-refractivity contribution in [2.75, 3.05) is 0 Å². The summed E-state index contributed by atoms with van der Waals surface area (Å²) in [6, 6.07) is 2.13. The van der Waals surface area contributed by atoms with Crippen molar-refractivity contribution in [2.45, 2.75) is 129 Å². The lowest BCUT2D eigenvalue weighted by molar-refractivity contribution is 0.0506. The zero-order chi connectivity index (χ0) is 20.8. The van der Waals surface area contributed by atoms with Crippen molar-refractivity contribution >= 4 is 8.32 Å². The van der Waals surface area contributed by atoms with Crippen molar-refractivity contribution in [3.05, 3.63) is 12.2 Å². The topological polar surface area (TPSA) is 53.2 Å². The monoisotopic (exact) mass is 395 g/mol. The molecule has 0 aliphatic rings. The first-order valence-corrected chi connectivity index (χ1v) is 14.0. The first kappa shape index (κ1) is 26.4. The van der Waals surface area contributed by atoms with Crippen LogP contribution in [-0.4, -0.2) is 25.6 Å². The van der Waals surface area contributed by atoms with E-state index < -0.39 is 14.4 Å². The summed E-state index contributed by atoms with van der Waals surface area (Å²) in [5.41, 5.74) is 0. The standard InChI is InChI=1S/C23H45NO2Si/c1-7-8-9-10-11-12-13-14-15-16-19-22(21(25)18-17-20-24)26-27(5,6)23(2,3)4/h16,19,21-22,25H,7-15,17-18H2,1-6H3/b19-16+/t21-,22-/m1/s1. The average Bonchev–Trinajstić information content (AvgIpc) is 2.59. The highest BCUT2D eigenvalue weighted by atomic mass is 28.4. The van der Waals surface area contributed by atoms with E-state index in [4.69, 9.17) is 9.69 Å². The van der Waals surface area contributed by atoms with E-state index in [1.807, 2.05) is 6.08 Å². The Labute approximate surface area is 170 Å². The zero-order valence-electron chi connectivity index (χ0n) is 18.9. The number of hydrogen-bond acceptors (Lipinski definition) is 3. The van der Waals surface area contributed by atoms with Crippen molar-refractivity contribution in [3.63, 3.8) is 0 Å². The highest BCUT2D eigenvalue weighted by molar-refractivity contribution is 6.74. The molecule has 0 amide bonds. The molecule has 4 heteroatoms. The van der Waals surface area contributed by atoms with Gasteiger partial charge < -0.3 is 9.53 Å². The lowest BCUT2D eigenvalue weighted by atomic mass is 10.1. The fourth-order valence-corrected chi connectivity index (χ4v) is 4.04. The third-order valence-corrected chi connectivity index (χ3v) is 10.2. The Balaban J connectivity index is 4.42. The van der Waals surface area contributed by atoms with Crippen LogP contribution in [0.15, 0.2) is 12.2 Å². The van der Waals surface area contributed by atoms with Gasteiger partial charge in [0.05, 0.1) is 18.3 Å². The molecule has 0 heterocycles. The Morgan fingerprint density at radius 1 is 1.04 bits per heavy atom. The third kappa shape index (κ3) is 12.4. The Bertz CT molecular complexity index is 435. The SMILES string of the molecule is CCCCCCCCCC/C=C/[C@@H](O[Si](C)(C)C(C)(C)C)[C@H](O)CCC#N. The number of allylic oxidation sites excluding steroid dienone is 1. The molecule has 0 aromatic carbocycles. The number of hydrogen-bond donors (Lipinski definition) is 1. The molecule has 158 valence electrons. The number of nitrogens with zero attached hydrogens (tertiary/aromatic N) is 1. The van der Waals surface area contributed by atoms with Crippen molar-refractivity contribution in [1.29, 1.82) is 5.26 Å². The predicted octanol–water partition coefficient (Wildman–Crippen LogP) is 7.13. The first-order valence-electron chi connectivity index (χ1n) is 11.0. The predicted molar refractivity (Wildman–Crippen MR) is 119 cm³/mol. The second kappa shape index (κ2) is 14.4. The molecule has 0 aromatic rings. The van der Waals surface area contributed by atoms with Gasteiger partial charge in [0.15, 0.2) is 8.32 Å². The Kier molecular flexibility index (Phi) is 14.0. The lowest BCUT2D eigenvalue weighted by Gasteiger charge is -2.39. The van der Waals surface area contributed by atoms with Crippen molar-refractivity contribution in [3.8, 4) is 6.07 Å². The summed E-state index contributed by atoms with van der Waals surface area (Å²) < 4.78 is 6.44. The van der Waals surface area contributed by atoms with Gasteiger partial charge in [0.1, 0.15) is 0 Å². The largest absolute Gasteiger partial charge is 0.408 e. The van der Waals surface area contributed by atoms with Gasteiger partial charge in [-0.3, -0.25) is 0 Å². The van der Waals surface area contributed by atoms with Crippen LogP contribution in [0.2, 0.25) is 18.1 Å². The van der Waals surface area contributed by atoms with Gasteiger partial charge in [-0.1, -0.05) is 84.8 Å². The highest BCUT2D eigenvalue weighted by Gasteiger charge is 2.39. The summed E-state index contributed by atoms with van der Waals surface area (Å²) in [5, 5.41) is 19.4. The van der Waals surface area contributed by atoms with Gasteiger partial charge in [-0.25, -0.2) is 0 Å². The van der Waals surface area contributed by atoms with E-state index in [1.165, 1.54) is 51.4 Å². The molecule has 3 nitrogen and oxygen atoms in total. The fourth-order valence-electron chi connectivity index (χ4n) is 2.77. The molecular formula is C23H45NO2Si. The minimum Gasteiger partial charge on any atom is -0.408 e. The van der Waals surface area contributed by atoms with E-state index in [0.717, 1.165) is 6.42 Å². The van der Waals surface area contributed by atoms with E-state index in [0.29, 0.717) is 12.8 Å². The highest BCUT2D eigenvalue weighted by Crippen LogP contribution is 2.38. The van der Waals surface area contributed by atoms with E-state index in [-0.39, 0.29) is 11.1 Å². The van der Waals surface area contributed by atoms with Crippen LogP contribution in [0.3, 0.4) is 0 Å². The molecule has 1 N–H and O–H groups in total. The van der Waals surface area contributed by atoms with E-state index in [2.05, 4.69) is 52.9 Å². The van der Waals surface area contributed by atoms with Crippen LogP contribution in [0.25, 0.3) is 0 Å². The Hall–Kier alpha value is -0.633. The molecule has 0 unspecified atom stereocenters. The average molecular weight is 396 g/mol. The number of aliphatic hydroxyl groups is 1. The summed E-state index contributed by atoms with van der Waals surface area (Å²) in [4.78, 5) is 0. The summed E-state index contributed by atoms with van der Waals surface area (Å²) in [6.07, 6.45) is 15.8. The molecule has 0 fully saturated rings. The maximum Gasteiger partial charge on any atom is 0.193 e. The Morgan fingerprint density at radius 3 is 2.11 bits per heavy atom. The third-order valence-electron chi connectivity index (χ3n) is 5.72. The van der Waals surface area contributed by atoms with Crippen LogP contribution in [0.1, 0.15) is 98.3 Å². The van der Waals surface area contributed by atoms with Gasteiger partial charge >= 0.3 is 0 Å². The van der Waals surface area contributed by atoms with Gasteiger partial charge in [-0.05, 0) is 37.4 Å². The van der Waals surface area contributed by atoms with Crippen LogP contribution < -0.4 is 0 Å². The summed E-state index contributed by atoms with van der Waals surface area (Å²) >= 11 is 0. The molecule has 0 aliphatic heterocycles. The van der Waals surface area contributed by atoms with Crippen LogP contribution >= 0.6 is 0 Å². The lowest BCUT2D eigenvalue weighted by Crippen LogP contribution is -2.46. The smallest absolute Gasteiger partial charge is 0.193 e. The van der Waals surface area contributed by atoms with E-state index >= 15 is 0 Å². The van der Waals surface area contributed by atoms with Gasteiger partial charge in [-0.15, -0.1) is 0 Å². The van der Waals surface area contributed by atoms with Crippen LogP contribution in [0, 0.1) is 11.3 Å². The van der Waals surface area contributed by atoms with Crippen molar-refractivity contribution < 1.29 is 9.53 Å². The molecule has 0 aliphatic carbocycles. The molecule has 0 spiro atoms. The number of unbranched alkanes of at least 4 members (excludes halogenated alkanes) is 8. The van der Waals surface area contributed by atoms with Crippen molar-refractivity contribution in [1.82, 2.24) is 0 Å². The van der Waals surface area contributed by atoms with Gasteiger partial charge in [0, 0.05) is 6.42 Å². The van der Waals surface area contributed by atoms with Gasteiger partial charge in [0.25, 0.3) is 0 Å². The molecule has 0 rings (SSSR count). The van der Waals surface area contributed by atoms with Crippen LogP contribution in [-0.2, 0) is 4.43 Å². The second-order valence-electron chi connectivity index (χ2n) is 9.30. The van der Waals surface area contributed by atoms with E-state index in [9.17, 15) is 5.11 Å². The molecule has 0 saturated heterocycles. The minimum absolute atomic E-state index is 0.103. The summed E-state index contributed by atoms with van der Waals surface area (Å²) in [5.74, 6) is 0. The molecule has 27 heavy (non-hydrogen) atoms. The molecule has 0 bridgehead atoms. The van der Waals surface area contributed by atoms with Gasteiger partial charge in [-0.2, -0.15) is 5.26 Å². The molecular weight excluding hydrogens is 350 g/mol.